The Morgan fingerprint density at radius 2 is 1.48 bits per heavy atom. The van der Waals surface area contributed by atoms with Crippen LogP contribution in [0.2, 0.25) is 0 Å². The average Bonchev–Trinajstić information content (AvgIpc) is 3.35. The first-order chi connectivity index (χ1) is 13.8. The van der Waals surface area contributed by atoms with E-state index in [0.29, 0.717) is 4.68 Å². The van der Waals surface area contributed by atoms with Crippen LogP contribution in [-0.4, -0.2) is 99.8 Å². The van der Waals surface area contributed by atoms with E-state index >= 15 is 0 Å². The minimum absolute atomic E-state index is 0.296. The van der Waals surface area contributed by atoms with Crippen molar-refractivity contribution in [1.29, 1.82) is 0 Å². The van der Waals surface area contributed by atoms with Crippen LogP contribution in [0.4, 0.5) is 0 Å². The van der Waals surface area contributed by atoms with Crippen molar-refractivity contribution in [3.8, 4) is 0 Å². The highest BCUT2D eigenvalue weighted by atomic mass is 16.6. The van der Waals surface area contributed by atoms with E-state index in [1.165, 1.54) is 0 Å². The number of aromatic nitrogens is 4. The molecule has 14 nitrogen and oxygen atoms in total. The molecular formula is C15H20N4O10. The maximum atomic E-state index is 13.0. The number of hydrogen-bond acceptors (Lipinski definition) is 11. The zero-order chi connectivity index (χ0) is 21.0. The van der Waals surface area contributed by atoms with E-state index in [0.717, 1.165) is 10.9 Å². The van der Waals surface area contributed by atoms with Gasteiger partial charge in [-0.1, -0.05) is 0 Å². The molecule has 0 unspecified atom stereocenters. The molecule has 0 spiro atoms. The normalized spacial score (nSPS) is 37.6. The maximum Gasteiger partial charge on any atom is 0.294 e. The van der Waals surface area contributed by atoms with Gasteiger partial charge in [-0.25, -0.2) is 9.67 Å². The zero-order valence-corrected chi connectivity index (χ0v) is 14.8. The van der Waals surface area contributed by atoms with Crippen LogP contribution in [0.15, 0.2) is 15.9 Å². The molecule has 0 aliphatic carbocycles. The minimum atomic E-state index is -1.62. The van der Waals surface area contributed by atoms with E-state index < -0.39 is 73.4 Å². The van der Waals surface area contributed by atoms with Gasteiger partial charge in [-0.15, -0.1) is 0 Å². The second-order valence-corrected chi connectivity index (χ2v) is 6.92. The quantitative estimate of drug-likeness (QED) is 0.251. The van der Waals surface area contributed by atoms with Gasteiger partial charge in [-0.05, 0) is 0 Å². The van der Waals surface area contributed by atoms with Crippen LogP contribution in [0, 0.1) is 0 Å². The number of aliphatic hydroxyl groups excluding tert-OH is 6. The van der Waals surface area contributed by atoms with Gasteiger partial charge in [0.05, 0.1) is 19.5 Å². The molecule has 0 bridgehead atoms. The van der Waals surface area contributed by atoms with Crippen LogP contribution in [0.5, 0.6) is 0 Å². The van der Waals surface area contributed by atoms with Crippen molar-refractivity contribution >= 4 is 11.0 Å². The molecule has 2 aromatic heterocycles. The van der Waals surface area contributed by atoms with Gasteiger partial charge in [0.25, 0.3) is 11.1 Å². The van der Waals surface area contributed by atoms with Crippen molar-refractivity contribution in [2.24, 2.45) is 0 Å². The molecule has 4 rings (SSSR count). The fraction of sp³-hybridized carbons (Fsp3) is 0.667. The van der Waals surface area contributed by atoms with Crippen LogP contribution in [0.25, 0.3) is 11.0 Å². The smallest absolute Gasteiger partial charge is 0.294 e. The number of fused-ring (bicyclic) bond motifs is 1. The number of aromatic amines is 1. The molecule has 2 saturated heterocycles. The topological polar surface area (TPSA) is 213 Å². The molecule has 2 aliphatic heterocycles. The van der Waals surface area contributed by atoms with Gasteiger partial charge in [-0.2, -0.15) is 0 Å². The third-order valence-electron chi connectivity index (χ3n) is 5.22. The Morgan fingerprint density at radius 3 is 2.03 bits per heavy atom. The van der Waals surface area contributed by atoms with Crippen LogP contribution in [-0.2, 0) is 9.47 Å². The first-order valence-electron chi connectivity index (χ1n) is 8.76. The molecule has 14 heteroatoms. The fourth-order valence-corrected chi connectivity index (χ4v) is 3.64. The van der Waals surface area contributed by atoms with Gasteiger partial charge in [0.2, 0.25) is 0 Å². The van der Waals surface area contributed by atoms with Crippen molar-refractivity contribution in [2.75, 3.05) is 13.2 Å². The van der Waals surface area contributed by atoms with Crippen LogP contribution < -0.4 is 11.1 Å². The van der Waals surface area contributed by atoms with Crippen molar-refractivity contribution in [3.05, 3.63) is 27.0 Å². The van der Waals surface area contributed by atoms with Crippen molar-refractivity contribution in [2.45, 2.75) is 49.1 Å². The van der Waals surface area contributed by atoms with Crippen LogP contribution in [0.1, 0.15) is 12.5 Å². The van der Waals surface area contributed by atoms with Gasteiger partial charge in [0.1, 0.15) is 42.1 Å². The highest BCUT2D eigenvalue weighted by molar-refractivity contribution is 5.72. The molecule has 0 saturated carbocycles. The SMILES string of the molecule is O=c1[nH]n([C@@H]2O[C@H](CO)[C@@H](O)[C@H]2O)c(=O)c2c1ncn2[C@@H]1O[C@H](CO)[C@@H](O)[C@H]1O. The second kappa shape index (κ2) is 7.26. The van der Waals surface area contributed by atoms with E-state index in [9.17, 15) is 40.2 Å². The summed E-state index contributed by atoms with van der Waals surface area (Å²) in [7, 11) is 0. The van der Waals surface area contributed by atoms with Gasteiger partial charge in [0.15, 0.2) is 18.0 Å². The molecule has 2 fully saturated rings. The largest absolute Gasteiger partial charge is 0.394 e. The molecule has 0 aromatic carbocycles. The second-order valence-electron chi connectivity index (χ2n) is 6.92. The average molecular weight is 416 g/mol. The third kappa shape index (κ3) is 2.92. The summed E-state index contributed by atoms with van der Waals surface area (Å²) in [5.41, 5.74) is -2.34. The Kier molecular flexibility index (Phi) is 5.04. The van der Waals surface area contributed by atoms with Gasteiger partial charge in [-0.3, -0.25) is 19.3 Å². The predicted octanol–water partition coefficient (Wildman–Crippen LogP) is -4.89. The monoisotopic (exact) mass is 416 g/mol. The molecule has 4 heterocycles. The minimum Gasteiger partial charge on any atom is -0.394 e. The molecule has 8 atom stereocenters. The van der Waals surface area contributed by atoms with Crippen LogP contribution >= 0.6 is 0 Å². The first-order valence-corrected chi connectivity index (χ1v) is 8.76. The Morgan fingerprint density at radius 1 is 0.931 bits per heavy atom. The molecule has 2 aromatic rings. The first kappa shape index (κ1) is 20.1. The zero-order valence-electron chi connectivity index (χ0n) is 14.8. The lowest BCUT2D eigenvalue weighted by molar-refractivity contribution is -0.0615. The summed E-state index contributed by atoms with van der Waals surface area (Å²) < 4.78 is 12.3. The van der Waals surface area contributed by atoms with Gasteiger partial charge in [0, 0.05) is 0 Å². The number of ether oxygens (including phenoxy) is 2. The lowest BCUT2D eigenvalue weighted by atomic mass is 10.1. The highest BCUT2D eigenvalue weighted by Gasteiger charge is 2.46. The Hall–Kier alpha value is -2.17. The highest BCUT2D eigenvalue weighted by Crippen LogP contribution is 2.31. The van der Waals surface area contributed by atoms with E-state index in [2.05, 4.69) is 10.1 Å². The predicted molar refractivity (Wildman–Crippen MR) is 90.6 cm³/mol. The van der Waals surface area contributed by atoms with Crippen LogP contribution in [0.3, 0.4) is 0 Å². The third-order valence-corrected chi connectivity index (χ3v) is 5.22. The van der Waals surface area contributed by atoms with Gasteiger partial charge < -0.3 is 40.1 Å². The summed E-state index contributed by atoms with van der Waals surface area (Å²) in [6.07, 6.45) is -10.1. The fourth-order valence-electron chi connectivity index (χ4n) is 3.64. The number of aliphatic hydroxyl groups is 6. The summed E-state index contributed by atoms with van der Waals surface area (Å²) in [5.74, 6) is 0. The number of rotatable bonds is 4. The van der Waals surface area contributed by atoms with Crippen molar-refractivity contribution in [3.63, 3.8) is 0 Å². The van der Waals surface area contributed by atoms with Gasteiger partial charge >= 0.3 is 0 Å². The molecule has 0 amide bonds. The maximum absolute atomic E-state index is 13.0. The van der Waals surface area contributed by atoms with E-state index in [4.69, 9.17) is 9.47 Å². The molecule has 29 heavy (non-hydrogen) atoms. The van der Waals surface area contributed by atoms with E-state index in [1.807, 2.05) is 0 Å². The number of nitrogens with one attached hydrogen (secondary N) is 1. The van der Waals surface area contributed by atoms with E-state index in [1.54, 1.807) is 0 Å². The summed E-state index contributed by atoms with van der Waals surface area (Å²) in [6, 6.07) is 0. The standard InChI is InChI=1S/C15H20N4O10/c20-1-4-8(22)10(24)14(28-4)18-3-16-6-7(18)13(27)19(17-12(6)26)15-11(25)9(23)5(2-21)29-15/h3-5,8-11,14-15,20-25H,1-2H2,(H,17,26)/t4-,5-,8-,9-,10-,11-,14-,15-/m1/s1. The summed E-state index contributed by atoms with van der Waals surface area (Å²) in [5, 5.41) is 60.9. The molecular weight excluding hydrogens is 396 g/mol. The number of H-pyrrole nitrogens is 1. The summed E-state index contributed by atoms with van der Waals surface area (Å²) in [6.45, 7) is -1.22. The van der Waals surface area contributed by atoms with E-state index in [-0.39, 0.29) is 11.0 Å². The lowest BCUT2D eigenvalue weighted by Crippen LogP contribution is -2.40. The summed E-state index contributed by atoms with van der Waals surface area (Å²) >= 11 is 0. The Bertz CT molecular complexity index is 1020. The molecule has 2 aliphatic rings. The number of nitrogens with zero attached hydrogens (tertiary/aromatic N) is 3. The Balaban J connectivity index is 1.83. The lowest BCUT2D eigenvalue weighted by Gasteiger charge is -2.19. The van der Waals surface area contributed by atoms with Crippen molar-refractivity contribution in [1.82, 2.24) is 19.3 Å². The molecule has 7 N–H and O–H groups in total. The molecule has 0 radical (unpaired) electrons. The molecule has 160 valence electrons. The number of hydrogen-bond donors (Lipinski definition) is 7. The summed E-state index contributed by atoms with van der Waals surface area (Å²) in [4.78, 5) is 29.3. The number of imidazole rings is 1. The van der Waals surface area contributed by atoms with Crippen molar-refractivity contribution < 1.29 is 40.1 Å². The Labute approximate surface area is 160 Å².